The van der Waals surface area contributed by atoms with Crippen LogP contribution >= 0.6 is 11.8 Å². The number of carbonyl (C=O) groups excluding carboxylic acids is 2. The van der Waals surface area contributed by atoms with Crippen LogP contribution in [0.3, 0.4) is 0 Å². The molecule has 1 aliphatic heterocycles. The first-order valence-corrected chi connectivity index (χ1v) is 13.3. The molecule has 0 unspecified atom stereocenters. The number of hydrogen-bond donors (Lipinski definition) is 0. The molecule has 1 saturated heterocycles. The molecule has 2 aromatic rings. The number of ether oxygens (including phenoxy) is 1. The summed E-state index contributed by atoms with van der Waals surface area (Å²) >= 11 is 0.923. The molecule has 4 aliphatic carbocycles. The van der Waals surface area contributed by atoms with Crippen LogP contribution in [0.15, 0.2) is 47.4 Å². The number of carbonyl (C=O) groups is 2. The molecule has 0 radical (unpaired) electrons. The van der Waals surface area contributed by atoms with Crippen molar-refractivity contribution in [1.29, 1.82) is 0 Å². The molecule has 0 atom stereocenters. The van der Waals surface area contributed by atoms with E-state index in [1.54, 1.807) is 25.3 Å². The maximum atomic E-state index is 13.2. The van der Waals surface area contributed by atoms with E-state index in [1.807, 2.05) is 6.07 Å². The number of rotatable bonds is 6. The van der Waals surface area contributed by atoms with E-state index >= 15 is 0 Å². The molecular weight excluding hydrogens is 476 g/mol. The number of nitrogens with zero attached hydrogens (tertiary/aromatic N) is 2. The molecule has 8 heteroatoms. The van der Waals surface area contributed by atoms with Gasteiger partial charge in [-0.25, -0.2) is 0 Å². The summed E-state index contributed by atoms with van der Waals surface area (Å²) in [5, 5.41) is 10.6. The summed E-state index contributed by atoms with van der Waals surface area (Å²) < 4.78 is 5.63. The first kappa shape index (κ1) is 23.3. The molecule has 5 aliphatic rings. The standard InChI is InChI=1S/C28H28N2O5S/c1-35-24-7-4-22(28-13-18-8-19(14-28)10-20(9-18)15-28)11-21(24)12-25-26(31)29(27(32)36-25)16-17-2-5-23(6-3-17)30(33)34/h2-7,11-12,18-20H,8-10,13-16H2,1H3/b25-12-. The number of methoxy groups -OCH3 is 1. The second-order valence-electron chi connectivity index (χ2n) is 10.8. The van der Waals surface area contributed by atoms with Crippen LogP contribution in [-0.4, -0.2) is 28.1 Å². The summed E-state index contributed by atoms with van der Waals surface area (Å²) in [4.78, 5) is 37.9. The number of non-ortho nitro benzene ring substituents is 1. The van der Waals surface area contributed by atoms with Crippen molar-refractivity contribution in [3.63, 3.8) is 0 Å². The van der Waals surface area contributed by atoms with E-state index in [0.717, 1.165) is 35.1 Å². The van der Waals surface area contributed by atoms with Gasteiger partial charge in [0.25, 0.3) is 16.8 Å². The topological polar surface area (TPSA) is 89.8 Å². The highest BCUT2D eigenvalue weighted by atomic mass is 32.2. The van der Waals surface area contributed by atoms with E-state index < -0.39 is 4.92 Å². The van der Waals surface area contributed by atoms with Crippen molar-refractivity contribution in [3.8, 4) is 5.75 Å². The third kappa shape index (κ3) is 4.01. The van der Waals surface area contributed by atoms with Crippen molar-refractivity contribution in [2.75, 3.05) is 7.11 Å². The minimum absolute atomic E-state index is 0.0289. The maximum absolute atomic E-state index is 13.2. The number of hydrogen-bond acceptors (Lipinski definition) is 6. The number of benzene rings is 2. The summed E-state index contributed by atoms with van der Waals surface area (Å²) in [7, 11) is 1.62. The molecule has 1 heterocycles. The van der Waals surface area contributed by atoms with Crippen molar-refractivity contribution < 1.29 is 19.2 Å². The Hall–Kier alpha value is -3.13. The second kappa shape index (κ2) is 8.76. The highest BCUT2D eigenvalue weighted by Gasteiger charge is 2.51. The van der Waals surface area contributed by atoms with Crippen LogP contribution in [-0.2, 0) is 16.8 Å². The average molecular weight is 505 g/mol. The van der Waals surface area contributed by atoms with Crippen LogP contribution in [0, 0.1) is 27.9 Å². The Balaban J connectivity index is 1.27. The molecule has 5 fully saturated rings. The number of nitro groups is 1. The van der Waals surface area contributed by atoms with Crippen molar-refractivity contribution in [2.24, 2.45) is 17.8 Å². The molecule has 0 N–H and O–H groups in total. The first-order valence-electron chi connectivity index (χ1n) is 12.5. The van der Waals surface area contributed by atoms with Crippen LogP contribution in [0.2, 0.25) is 0 Å². The number of amides is 2. The quantitative estimate of drug-likeness (QED) is 0.260. The molecule has 36 heavy (non-hydrogen) atoms. The van der Waals surface area contributed by atoms with E-state index in [-0.39, 0.29) is 28.8 Å². The SMILES string of the molecule is COc1ccc(C23CC4CC(CC(C4)C2)C3)cc1/C=C1\SC(=O)N(Cc2ccc([N+](=O)[O-])cc2)C1=O. The van der Waals surface area contributed by atoms with Crippen molar-refractivity contribution in [3.05, 3.63) is 74.2 Å². The van der Waals surface area contributed by atoms with Gasteiger partial charge in [0.2, 0.25) is 0 Å². The van der Waals surface area contributed by atoms with E-state index in [0.29, 0.717) is 16.2 Å². The smallest absolute Gasteiger partial charge is 0.293 e. The van der Waals surface area contributed by atoms with Crippen LogP contribution in [0.25, 0.3) is 6.08 Å². The predicted octanol–water partition coefficient (Wildman–Crippen LogP) is 6.31. The Morgan fingerprint density at radius 1 is 1.06 bits per heavy atom. The monoisotopic (exact) mass is 504 g/mol. The van der Waals surface area contributed by atoms with Crippen molar-refractivity contribution in [2.45, 2.75) is 50.5 Å². The van der Waals surface area contributed by atoms with Crippen LogP contribution in [0.4, 0.5) is 10.5 Å². The van der Waals surface area contributed by atoms with E-state index in [4.69, 9.17) is 4.74 Å². The Bertz CT molecular complexity index is 1250. The van der Waals surface area contributed by atoms with Gasteiger partial charge in [-0.1, -0.05) is 18.2 Å². The van der Waals surface area contributed by atoms with Gasteiger partial charge in [-0.15, -0.1) is 0 Å². The minimum atomic E-state index is -0.475. The third-order valence-electron chi connectivity index (χ3n) is 8.53. The first-order chi connectivity index (χ1) is 17.3. The molecular formula is C28H28N2O5S. The molecule has 186 valence electrons. The molecule has 2 aromatic carbocycles. The lowest BCUT2D eigenvalue weighted by Gasteiger charge is -2.57. The Kier molecular flexibility index (Phi) is 5.67. The van der Waals surface area contributed by atoms with Gasteiger partial charge in [0.15, 0.2) is 0 Å². The summed E-state index contributed by atoms with van der Waals surface area (Å²) in [6, 6.07) is 12.3. The fraction of sp³-hybridized carbons (Fsp3) is 0.429. The van der Waals surface area contributed by atoms with Gasteiger partial charge in [0.05, 0.1) is 23.5 Å². The third-order valence-corrected chi connectivity index (χ3v) is 9.44. The summed E-state index contributed by atoms with van der Waals surface area (Å²) in [5.74, 6) is 2.82. The lowest BCUT2D eigenvalue weighted by Crippen LogP contribution is -2.48. The summed E-state index contributed by atoms with van der Waals surface area (Å²) in [5.41, 5.74) is 3.01. The number of imide groups is 1. The Morgan fingerprint density at radius 3 is 2.28 bits per heavy atom. The fourth-order valence-electron chi connectivity index (χ4n) is 7.32. The fourth-order valence-corrected chi connectivity index (χ4v) is 8.15. The molecule has 0 aromatic heterocycles. The molecule has 4 saturated carbocycles. The normalized spacial score (nSPS) is 29.9. The largest absolute Gasteiger partial charge is 0.496 e. The van der Waals surface area contributed by atoms with E-state index in [9.17, 15) is 19.7 Å². The van der Waals surface area contributed by atoms with Crippen LogP contribution in [0.1, 0.15) is 55.2 Å². The number of nitro benzene ring substituents is 1. The Labute approximate surface area is 214 Å². The van der Waals surface area contributed by atoms with Gasteiger partial charge < -0.3 is 4.74 Å². The minimum Gasteiger partial charge on any atom is -0.496 e. The summed E-state index contributed by atoms with van der Waals surface area (Å²) in [6.07, 6.45) is 9.66. The predicted molar refractivity (Wildman–Crippen MR) is 137 cm³/mol. The highest BCUT2D eigenvalue weighted by molar-refractivity contribution is 8.18. The molecule has 7 nitrogen and oxygen atoms in total. The van der Waals surface area contributed by atoms with Gasteiger partial charge in [0, 0.05) is 17.7 Å². The Morgan fingerprint density at radius 2 is 1.69 bits per heavy atom. The molecule has 0 spiro atoms. The van der Waals surface area contributed by atoms with Gasteiger partial charge in [-0.2, -0.15) is 0 Å². The maximum Gasteiger partial charge on any atom is 0.293 e. The van der Waals surface area contributed by atoms with Gasteiger partial charge in [-0.3, -0.25) is 24.6 Å². The zero-order valence-electron chi connectivity index (χ0n) is 20.1. The highest BCUT2D eigenvalue weighted by Crippen LogP contribution is 2.61. The van der Waals surface area contributed by atoms with Crippen molar-refractivity contribution in [1.82, 2.24) is 4.90 Å². The van der Waals surface area contributed by atoms with Gasteiger partial charge in [-0.05, 0) is 103 Å². The van der Waals surface area contributed by atoms with Gasteiger partial charge in [0.1, 0.15) is 5.75 Å². The molecule has 7 rings (SSSR count). The summed E-state index contributed by atoms with van der Waals surface area (Å²) in [6.45, 7) is 0.0739. The average Bonchev–Trinajstić information content (AvgIpc) is 3.11. The van der Waals surface area contributed by atoms with Crippen LogP contribution in [0.5, 0.6) is 5.75 Å². The van der Waals surface area contributed by atoms with E-state index in [2.05, 4.69) is 12.1 Å². The van der Waals surface area contributed by atoms with E-state index in [1.165, 1.54) is 61.1 Å². The molecule has 4 bridgehead atoms. The lowest BCUT2D eigenvalue weighted by molar-refractivity contribution is -0.384. The second-order valence-corrected chi connectivity index (χ2v) is 11.8. The molecule has 2 amide bonds. The zero-order valence-corrected chi connectivity index (χ0v) is 21.0. The zero-order chi connectivity index (χ0) is 25.0. The van der Waals surface area contributed by atoms with Crippen molar-refractivity contribution >= 4 is 34.7 Å². The van der Waals surface area contributed by atoms with Crippen LogP contribution < -0.4 is 4.74 Å². The van der Waals surface area contributed by atoms with Gasteiger partial charge >= 0.3 is 0 Å². The number of thioether (sulfide) groups is 1. The lowest BCUT2D eigenvalue weighted by atomic mass is 9.48.